The van der Waals surface area contributed by atoms with E-state index in [-0.39, 0.29) is 17.3 Å². The van der Waals surface area contributed by atoms with Gasteiger partial charge in [-0.2, -0.15) is 0 Å². The van der Waals surface area contributed by atoms with E-state index in [1.807, 2.05) is 0 Å². The van der Waals surface area contributed by atoms with E-state index >= 15 is 0 Å². The van der Waals surface area contributed by atoms with Crippen molar-refractivity contribution in [1.29, 1.82) is 0 Å². The Kier molecular flexibility index (Phi) is 3.52. The van der Waals surface area contributed by atoms with E-state index in [4.69, 9.17) is 4.74 Å². The Labute approximate surface area is 110 Å². The molecule has 1 heterocycles. The van der Waals surface area contributed by atoms with Gasteiger partial charge in [-0.25, -0.2) is 9.37 Å². The monoisotopic (exact) mass is 312 g/mol. The fourth-order valence-corrected chi connectivity index (χ4v) is 1.61. The molecule has 2 aromatic rings. The van der Waals surface area contributed by atoms with Gasteiger partial charge in [-0.15, -0.1) is 0 Å². The second-order valence-electron chi connectivity index (χ2n) is 3.26. The number of nitro benzene ring substituents is 1. The Morgan fingerprint density at radius 1 is 1.39 bits per heavy atom. The molecule has 0 saturated carbocycles. The van der Waals surface area contributed by atoms with E-state index in [1.54, 1.807) is 12.1 Å². The average molecular weight is 313 g/mol. The molecule has 0 radical (unpaired) electrons. The van der Waals surface area contributed by atoms with Gasteiger partial charge in [0.25, 0.3) is 0 Å². The van der Waals surface area contributed by atoms with E-state index in [0.717, 1.165) is 18.2 Å². The van der Waals surface area contributed by atoms with E-state index < -0.39 is 10.7 Å². The number of aromatic nitrogens is 1. The molecule has 0 N–H and O–H groups in total. The maximum Gasteiger partial charge on any atom is 0.311 e. The molecule has 18 heavy (non-hydrogen) atoms. The normalized spacial score (nSPS) is 10.1. The molecule has 0 unspecified atom stereocenters. The summed E-state index contributed by atoms with van der Waals surface area (Å²) >= 11 is 3.18. The fourth-order valence-electron chi connectivity index (χ4n) is 1.27. The van der Waals surface area contributed by atoms with Gasteiger partial charge in [-0.05, 0) is 34.1 Å². The summed E-state index contributed by atoms with van der Waals surface area (Å²) in [5, 5.41) is 10.8. The number of halogens is 2. The zero-order valence-electron chi connectivity index (χ0n) is 8.84. The first-order chi connectivity index (χ1) is 8.58. The molecule has 0 aliphatic rings. The SMILES string of the molecule is O=[N+]([O-])c1ccc(F)cc1Oc1ncccc1Br. The third-order valence-corrected chi connectivity index (χ3v) is 2.65. The lowest BCUT2D eigenvalue weighted by molar-refractivity contribution is -0.385. The van der Waals surface area contributed by atoms with Crippen LogP contribution in [0.2, 0.25) is 0 Å². The van der Waals surface area contributed by atoms with Crippen molar-refractivity contribution in [1.82, 2.24) is 4.98 Å². The molecule has 0 spiro atoms. The summed E-state index contributed by atoms with van der Waals surface area (Å²) in [5.41, 5.74) is -0.325. The number of rotatable bonds is 3. The van der Waals surface area contributed by atoms with Crippen molar-refractivity contribution in [3.63, 3.8) is 0 Å². The van der Waals surface area contributed by atoms with Crippen molar-refractivity contribution < 1.29 is 14.1 Å². The van der Waals surface area contributed by atoms with Crippen molar-refractivity contribution in [2.75, 3.05) is 0 Å². The average Bonchev–Trinajstić information content (AvgIpc) is 2.32. The van der Waals surface area contributed by atoms with E-state index in [2.05, 4.69) is 20.9 Å². The third kappa shape index (κ3) is 2.62. The predicted octanol–water partition coefficient (Wildman–Crippen LogP) is 3.68. The van der Waals surface area contributed by atoms with Crippen molar-refractivity contribution in [2.24, 2.45) is 0 Å². The summed E-state index contributed by atoms with van der Waals surface area (Å²) < 4.78 is 18.8. The Morgan fingerprint density at radius 3 is 2.83 bits per heavy atom. The molecule has 5 nitrogen and oxygen atoms in total. The number of hydrogen-bond acceptors (Lipinski definition) is 4. The summed E-state index contributed by atoms with van der Waals surface area (Å²) in [5.74, 6) is -0.687. The van der Waals surface area contributed by atoms with Gasteiger partial charge in [0.1, 0.15) is 5.82 Å². The first-order valence-electron chi connectivity index (χ1n) is 4.80. The number of hydrogen-bond donors (Lipinski definition) is 0. The molecule has 0 bridgehead atoms. The van der Waals surface area contributed by atoms with E-state index in [0.29, 0.717) is 4.47 Å². The van der Waals surface area contributed by atoms with Crippen LogP contribution in [0.4, 0.5) is 10.1 Å². The van der Waals surface area contributed by atoms with Gasteiger partial charge in [0, 0.05) is 18.3 Å². The van der Waals surface area contributed by atoms with Crippen LogP contribution in [0.25, 0.3) is 0 Å². The van der Waals surface area contributed by atoms with Gasteiger partial charge in [-0.3, -0.25) is 10.1 Å². The van der Waals surface area contributed by atoms with E-state index in [9.17, 15) is 14.5 Å². The van der Waals surface area contributed by atoms with Gasteiger partial charge in [0.05, 0.1) is 9.40 Å². The topological polar surface area (TPSA) is 65.3 Å². The minimum absolute atomic E-state index is 0.131. The highest BCUT2D eigenvalue weighted by atomic mass is 79.9. The highest BCUT2D eigenvalue weighted by Crippen LogP contribution is 2.33. The maximum atomic E-state index is 13.1. The molecule has 92 valence electrons. The van der Waals surface area contributed by atoms with Crippen LogP contribution in [-0.4, -0.2) is 9.91 Å². The molecule has 0 atom stereocenters. The summed E-state index contributed by atoms with van der Waals surface area (Å²) in [6.45, 7) is 0. The first-order valence-corrected chi connectivity index (χ1v) is 5.59. The number of ether oxygens (including phenoxy) is 1. The third-order valence-electron chi connectivity index (χ3n) is 2.05. The van der Waals surface area contributed by atoms with Gasteiger partial charge in [-0.1, -0.05) is 0 Å². The molecule has 2 rings (SSSR count). The van der Waals surface area contributed by atoms with Crippen LogP contribution in [-0.2, 0) is 0 Å². The van der Waals surface area contributed by atoms with E-state index in [1.165, 1.54) is 6.20 Å². The standard InChI is InChI=1S/C11H6BrFN2O3/c12-8-2-1-5-14-11(8)18-10-6-7(13)3-4-9(10)15(16)17/h1-6H. The number of nitro groups is 1. The van der Waals surface area contributed by atoms with Crippen molar-refractivity contribution in [3.05, 3.63) is 56.9 Å². The molecular weight excluding hydrogens is 307 g/mol. The van der Waals surface area contributed by atoms with Crippen LogP contribution >= 0.6 is 15.9 Å². The molecule has 1 aromatic carbocycles. The molecule has 0 aliphatic carbocycles. The molecular formula is C11H6BrFN2O3. The Morgan fingerprint density at radius 2 is 2.17 bits per heavy atom. The molecule has 7 heteroatoms. The molecule has 0 saturated heterocycles. The van der Waals surface area contributed by atoms with Gasteiger partial charge < -0.3 is 4.74 Å². The summed E-state index contributed by atoms with van der Waals surface area (Å²) in [6.07, 6.45) is 1.46. The zero-order valence-corrected chi connectivity index (χ0v) is 10.4. The van der Waals surface area contributed by atoms with Crippen LogP contribution in [0.15, 0.2) is 41.0 Å². The summed E-state index contributed by atoms with van der Waals surface area (Å²) in [4.78, 5) is 14.0. The van der Waals surface area contributed by atoms with Crippen molar-refractivity contribution in [2.45, 2.75) is 0 Å². The van der Waals surface area contributed by atoms with Gasteiger partial charge in [0.2, 0.25) is 11.6 Å². The lowest BCUT2D eigenvalue weighted by Crippen LogP contribution is -1.95. The fraction of sp³-hybridized carbons (Fsp3) is 0. The summed E-state index contributed by atoms with van der Waals surface area (Å²) in [6, 6.07) is 6.31. The Hall–Kier alpha value is -2.02. The van der Waals surface area contributed by atoms with Crippen LogP contribution in [0.1, 0.15) is 0 Å². The van der Waals surface area contributed by atoms with Gasteiger partial charge >= 0.3 is 5.69 Å². The minimum Gasteiger partial charge on any atom is -0.431 e. The lowest BCUT2D eigenvalue weighted by Gasteiger charge is -2.06. The quantitative estimate of drug-likeness (QED) is 0.640. The van der Waals surface area contributed by atoms with Gasteiger partial charge in [0.15, 0.2) is 0 Å². The smallest absolute Gasteiger partial charge is 0.311 e. The molecule has 1 aromatic heterocycles. The molecule has 0 amide bonds. The molecule has 0 fully saturated rings. The second kappa shape index (κ2) is 5.09. The summed E-state index contributed by atoms with van der Waals surface area (Å²) in [7, 11) is 0. The van der Waals surface area contributed by atoms with Crippen molar-refractivity contribution >= 4 is 21.6 Å². The Bertz CT molecular complexity index is 607. The molecule has 0 aliphatic heterocycles. The van der Waals surface area contributed by atoms with Crippen LogP contribution < -0.4 is 4.74 Å². The van der Waals surface area contributed by atoms with Crippen molar-refractivity contribution in [3.8, 4) is 11.6 Å². The highest BCUT2D eigenvalue weighted by Gasteiger charge is 2.17. The highest BCUT2D eigenvalue weighted by molar-refractivity contribution is 9.10. The second-order valence-corrected chi connectivity index (χ2v) is 4.12. The van der Waals surface area contributed by atoms with Crippen LogP contribution in [0, 0.1) is 15.9 Å². The number of nitrogens with zero attached hydrogens (tertiary/aromatic N) is 2. The predicted molar refractivity (Wildman–Crippen MR) is 65.1 cm³/mol. The van der Waals surface area contributed by atoms with Crippen LogP contribution in [0.3, 0.4) is 0 Å². The number of benzene rings is 1. The van der Waals surface area contributed by atoms with Crippen LogP contribution in [0.5, 0.6) is 11.6 Å². The Balaban J connectivity index is 2.42. The maximum absolute atomic E-state index is 13.1. The largest absolute Gasteiger partial charge is 0.431 e. The number of pyridine rings is 1. The zero-order chi connectivity index (χ0) is 13.1. The first kappa shape index (κ1) is 12.4. The lowest BCUT2D eigenvalue weighted by atomic mass is 10.3. The minimum atomic E-state index is -0.647.